The first-order valence-electron chi connectivity index (χ1n) is 9.99. The van der Waals surface area contributed by atoms with E-state index in [0.717, 1.165) is 41.3 Å². The van der Waals surface area contributed by atoms with Gasteiger partial charge in [0.1, 0.15) is 22.8 Å². The number of morpholine rings is 1. The van der Waals surface area contributed by atoms with Crippen molar-refractivity contribution < 1.29 is 18.8 Å². The number of rotatable bonds is 7. The highest BCUT2D eigenvalue weighted by atomic mass is 16.5. The number of amides is 1. The molecule has 9 nitrogen and oxygen atoms in total. The van der Waals surface area contributed by atoms with E-state index in [1.807, 2.05) is 31.2 Å². The molecule has 1 fully saturated rings. The van der Waals surface area contributed by atoms with Gasteiger partial charge < -0.3 is 24.2 Å². The van der Waals surface area contributed by atoms with Crippen LogP contribution in [-0.4, -0.2) is 54.4 Å². The van der Waals surface area contributed by atoms with Crippen molar-refractivity contribution in [1.82, 2.24) is 20.4 Å². The van der Waals surface area contributed by atoms with Crippen molar-refractivity contribution in [1.29, 1.82) is 0 Å². The molecule has 1 N–H and O–H groups in total. The van der Waals surface area contributed by atoms with Crippen molar-refractivity contribution in [2.24, 2.45) is 0 Å². The zero-order chi connectivity index (χ0) is 20.9. The van der Waals surface area contributed by atoms with Crippen LogP contribution in [0.15, 0.2) is 28.8 Å². The Hall–Kier alpha value is -3.20. The largest absolute Gasteiger partial charge is 0.497 e. The van der Waals surface area contributed by atoms with Gasteiger partial charge in [0, 0.05) is 32.5 Å². The summed E-state index contributed by atoms with van der Waals surface area (Å²) in [4.78, 5) is 23.7. The standard InChI is InChI=1S/C21H25N5O4/c1-14-19-20(26-8-10-29-11-9-26)23-17(24-21(19)30-25-14)6-7-18(27)22-13-15-4-3-5-16(12-15)28-2/h3-5,12H,6-11,13H2,1-2H3,(H,22,27). The maximum atomic E-state index is 12.3. The molecule has 0 bridgehead atoms. The van der Waals surface area contributed by atoms with E-state index in [4.69, 9.17) is 19.0 Å². The minimum atomic E-state index is -0.0665. The molecule has 158 valence electrons. The van der Waals surface area contributed by atoms with Crippen LogP contribution >= 0.6 is 0 Å². The fraction of sp³-hybridized carbons (Fsp3) is 0.429. The van der Waals surface area contributed by atoms with Gasteiger partial charge in [-0.3, -0.25) is 4.79 Å². The fourth-order valence-corrected chi connectivity index (χ4v) is 3.42. The van der Waals surface area contributed by atoms with Crippen LogP contribution < -0.4 is 15.0 Å². The van der Waals surface area contributed by atoms with Gasteiger partial charge in [0.25, 0.3) is 5.71 Å². The molecule has 1 aliphatic heterocycles. The number of nitrogens with zero attached hydrogens (tertiary/aromatic N) is 4. The molecular formula is C21H25N5O4. The van der Waals surface area contributed by atoms with Gasteiger partial charge in [0.2, 0.25) is 5.91 Å². The van der Waals surface area contributed by atoms with Crippen LogP contribution in [0, 0.1) is 6.92 Å². The average Bonchev–Trinajstić information content (AvgIpc) is 3.17. The minimum absolute atomic E-state index is 0.0665. The lowest BCUT2D eigenvalue weighted by molar-refractivity contribution is -0.121. The number of ether oxygens (including phenoxy) is 2. The molecule has 1 saturated heterocycles. The summed E-state index contributed by atoms with van der Waals surface area (Å²) < 4.78 is 16.0. The molecule has 0 radical (unpaired) electrons. The van der Waals surface area contributed by atoms with Gasteiger partial charge in [-0.05, 0) is 24.6 Å². The maximum Gasteiger partial charge on any atom is 0.263 e. The lowest BCUT2D eigenvalue weighted by Gasteiger charge is -2.28. The first-order chi connectivity index (χ1) is 14.6. The molecule has 1 amide bonds. The number of fused-ring (bicyclic) bond motifs is 1. The highest BCUT2D eigenvalue weighted by molar-refractivity contribution is 5.88. The third-order valence-corrected chi connectivity index (χ3v) is 5.04. The van der Waals surface area contributed by atoms with Crippen molar-refractivity contribution in [3.8, 4) is 5.75 Å². The summed E-state index contributed by atoms with van der Waals surface area (Å²) in [6.07, 6.45) is 0.697. The van der Waals surface area contributed by atoms with E-state index in [0.29, 0.717) is 37.7 Å². The second kappa shape index (κ2) is 9.08. The first-order valence-corrected chi connectivity index (χ1v) is 9.99. The van der Waals surface area contributed by atoms with Crippen molar-refractivity contribution >= 4 is 22.8 Å². The molecular weight excluding hydrogens is 386 g/mol. The Bertz CT molecular complexity index is 1030. The number of carbonyl (C=O) groups is 1. The molecule has 9 heteroatoms. The number of hydrogen-bond acceptors (Lipinski definition) is 8. The van der Waals surface area contributed by atoms with Gasteiger partial charge in [-0.25, -0.2) is 4.98 Å². The average molecular weight is 411 g/mol. The number of aryl methyl sites for hydroxylation is 2. The third kappa shape index (κ3) is 4.51. The Morgan fingerprint density at radius 3 is 2.90 bits per heavy atom. The molecule has 3 heterocycles. The molecule has 0 atom stereocenters. The normalized spacial score (nSPS) is 14.1. The Morgan fingerprint density at radius 2 is 2.10 bits per heavy atom. The Kier molecular flexibility index (Phi) is 6.08. The molecule has 1 aliphatic rings. The van der Waals surface area contributed by atoms with Crippen LogP contribution in [0.1, 0.15) is 23.5 Å². The van der Waals surface area contributed by atoms with Gasteiger partial charge >= 0.3 is 0 Å². The minimum Gasteiger partial charge on any atom is -0.497 e. The van der Waals surface area contributed by atoms with Gasteiger partial charge in [-0.1, -0.05) is 17.3 Å². The quantitative estimate of drug-likeness (QED) is 0.630. The van der Waals surface area contributed by atoms with Crippen LogP contribution in [-0.2, 0) is 22.5 Å². The molecule has 4 rings (SSSR count). The summed E-state index contributed by atoms with van der Waals surface area (Å²) in [7, 11) is 1.62. The summed E-state index contributed by atoms with van der Waals surface area (Å²) in [5, 5.41) is 7.79. The van der Waals surface area contributed by atoms with Crippen LogP contribution in [0.25, 0.3) is 11.1 Å². The number of hydrogen-bond donors (Lipinski definition) is 1. The third-order valence-electron chi connectivity index (χ3n) is 5.04. The van der Waals surface area contributed by atoms with Crippen molar-refractivity contribution in [2.45, 2.75) is 26.3 Å². The van der Waals surface area contributed by atoms with Crippen molar-refractivity contribution in [2.75, 3.05) is 38.3 Å². The van der Waals surface area contributed by atoms with Crippen LogP contribution in [0.4, 0.5) is 5.82 Å². The highest BCUT2D eigenvalue weighted by Crippen LogP contribution is 2.27. The Balaban J connectivity index is 1.42. The zero-order valence-electron chi connectivity index (χ0n) is 17.2. The first kappa shape index (κ1) is 20.1. The molecule has 0 aliphatic carbocycles. The number of methoxy groups -OCH3 is 1. The maximum absolute atomic E-state index is 12.3. The summed E-state index contributed by atoms with van der Waals surface area (Å²) in [6, 6.07) is 7.62. The molecule has 30 heavy (non-hydrogen) atoms. The lowest BCUT2D eigenvalue weighted by atomic mass is 10.2. The molecule has 0 spiro atoms. The molecule has 0 saturated carbocycles. The number of benzene rings is 1. The van der Waals surface area contributed by atoms with Crippen molar-refractivity contribution in [3.63, 3.8) is 0 Å². The van der Waals surface area contributed by atoms with Gasteiger partial charge in [-0.15, -0.1) is 0 Å². The molecule has 2 aromatic heterocycles. The zero-order valence-corrected chi connectivity index (χ0v) is 17.2. The number of carbonyl (C=O) groups excluding carboxylic acids is 1. The van der Waals surface area contributed by atoms with Gasteiger partial charge in [0.05, 0.1) is 26.0 Å². The summed E-state index contributed by atoms with van der Waals surface area (Å²) in [5.74, 6) is 2.06. The van der Waals surface area contributed by atoms with Crippen LogP contribution in [0.3, 0.4) is 0 Å². The van der Waals surface area contributed by atoms with Gasteiger partial charge in [0.15, 0.2) is 0 Å². The summed E-state index contributed by atoms with van der Waals surface area (Å²) >= 11 is 0. The highest BCUT2D eigenvalue weighted by Gasteiger charge is 2.21. The van der Waals surface area contributed by atoms with E-state index in [2.05, 4.69) is 20.4 Å². The molecule has 0 unspecified atom stereocenters. The summed E-state index contributed by atoms with van der Waals surface area (Å²) in [6.45, 7) is 5.12. The fourth-order valence-electron chi connectivity index (χ4n) is 3.42. The predicted octanol–water partition coefficient (Wildman–Crippen LogP) is 2.02. The Labute approximate surface area is 174 Å². The van der Waals surface area contributed by atoms with Crippen LogP contribution in [0.5, 0.6) is 5.75 Å². The monoisotopic (exact) mass is 411 g/mol. The van der Waals surface area contributed by atoms with E-state index >= 15 is 0 Å². The SMILES string of the molecule is COc1cccc(CNC(=O)CCc2nc(N3CCOCC3)c3c(C)noc3n2)c1. The summed E-state index contributed by atoms with van der Waals surface area (Å²) in [5.41, 5.74) is 2.19. The number of aromatic nitrogens is 3. The lowest BCUT2D eigenvalue weighted by Crippen LogP contribution is -2.37. The smallest absolute Gasteiger partial charge is 0.263 e. The number of anilines is 1. The number of nitrogens with one attached hydrogen (secondary N) is 1. The second-order valence-corrected chi connectivity index (χ2v) is 7.14. The van der Waals surface area contributed by atoms with E-state index in [-0.39, 0.29) is 12.3 Å². The van der Waals surface area contributed by atoms with Crippen LogP contribution in [0.2, 0.25) is 0 Å². The predicted molar refractivity (Wildman–Crippen MR) is 111 cm³/mol. The van der Waals surface area contributed by atoms with E-state index in [1.54, 1.807) is 7.11 Å². The van der Waals surface area contributed by atoms with Crippen molar-refractivity contribution in [3.05, 3.63) is 41.3 Å². The van der Waals surface area contributed by atoms with Gasteiger partial charge in [-0.2, -0.15) is 4.98 Å². The molecule has 3 aromatic rings. The second-order valence-electron chi connectivity index (χ2n) is 7.14. The topological polar surface area (TPSA) is 103 Å². The Morgan fingerprint density at radius 1 is 1.27 bits per heavy atom. The van der Waals surface area contributed by atoms with E-state index < -0.39 is 0 Å². The van der Waals surface area contributed by atoms with E-state index in [9.17, 15) is 4.79 Å². The van der Waals surface area contributed by atoms with E-state index in [1.165, 1.54) is 0 Å². The molecule has 1 aromatic carbocycles.